The summed E-state index contributed by atoms with van der Waals surface area (Å²) >= 11 is 0. The molecule has 1 atom stereocenters. The molecule has 1 unspecified atom stereocenters. The smallest absolute Gasteiger partial charge is 0.338 e. The molecule has 1 aliphatic rings. The number of hydrogen-bond acceptors (Lipinski definition) is 6. The largest absolute Gasteiger partial charge is 0.459 e. The lowest BCUT2D eigenvalue weighted by atomic mass is 10.1. The van der Waals surface area contributed by atoms with Crippen molar-refractivity contribution >= 4 is 21.9 Å². The highest BCUT2D eigenvalue weighted by Crippen LogP contribution is 2.23. The first-order valence-corrected chi connectivity index (χ1v) is 6.86. The summed E-state index contributed by atoms with van der Waals surface area (Å²) in [5, 5.41) is 8.99. The van der Waals surface area contributed by atoms with Crippen LogP contribution in [0.5, 0.6) is 0 Å². The van der Waals surface area contributed by atoms with E-state index in [2.05, 4.69) is 0 Å². The zero-order chi connectivity index (χ0) is 14.2. The standard InChI is InChI=1S/C11H11NO6S/c1-6(13)5-18-11(15)7-2-3-8-9(4-7)19(16,17)12-10(8)14/h2-4,6,13H,5H2,1H3,(H,12,14). The SMILES string of the molecule is CC(O)COC(=O)c1ccc2c(c1)S(=O)(=O)NC2=O. The second kappa shape index (κ2) is 4.63. The van der Waals surface area contributed by atoms with E-state index in [0.29, 0.717) is 0 Å². The summed E-state index contributed by atoms with van der Waals surface area (Å²) in [6.07, 6.45) is -0.814. The van der Waals surface area contributed by atoms with Gasteiger partial charge < -0.3 is 9.84 Å². The van der Waals surface area contributed by atoms with E-state index in [4.69, 9.17) is 9.84 Å². The lowest BCUT2D eigenvalue weighted by Crippen LogP contribution is -2.20. The van der Waals surface area contributed by atoms with Crippen LogP contribution in [-0.4, -0.2) is 38.1 Å². The van der Waals surface area contributed by atoms with Gasteiger partial charge >= 0.3 is 5.97 Å². The maximum Gasteiger partial charge on any atom is 0.338 e. The number of benzene rings is 1. The highest BCUT2D eigenvalue weighted by molar-refractivity contribution is 7.90. The van der Waals surface area contributed by atoms with Gasteiger partial charge in [-0.2, -0.15) is 0 Å². The molecule has 2 N–H and O–H groups in total. The summed E-state index contributed by atoms with van der Waals surface area (Å²) in [5.74, 6) is -1.49. The molecular formula is C11H11NO6S. The highest BCUT2D eigenvalue weighted by Gasteiger charge is 2.33. The first kappa shape index (κ1) is 13.5. The lowest BCUT2D eigenvalue weighted by Gasteiger charge is -2.07. The maximum absolute atomic E-state index is 11.6. The van der Waals surface area contributed by atoms with Gasteiger partial charge in [0.25, 0.3) is 15.9 Å². The van der Waals surface area contributed by atoms with Crippen LogP contribution in [0.1, 0.15) is 27.6 Å². The third kappa shape index (κ3) is 2.59. The Hall–Kier alpha value is -1.93. The Kier molecular flexibility index (Phi) is 3.29. The topological polar surface area (TPSA) is 110 Å². The van der Waals surface area contributed by atoms with Crippen LogP contribution < -0.4 is 4.72 Å². The van der Waals surface area contributed by atoms with Crippen molar-refractivity contribution in [2.75, 3.05) is 6.61 Å². The molecule has 0 fully saturated rings. The van der Waals surface area contributed by atoms with Crippen LogP contribution in [0.3, 0.4) is 0 Å². The van der Waals surface area contributed by atoms with E-state index in [0.717, 1.165) is 6.07 Å². The zero-order valence-corrected chi connectivity index (χ0v) is 10.7. The molecule has 8 heteroatoms. The first-order valence-electron chi connectivity index (χ1n) is 5.37. The highest BCUT2D eigenvalue weighted by atomic mass is 32.2. The Labute approximate surface area is 109 Å². The van der Waals surface area contributed by atoms with Gasteiger partial charge in [0.2, 0.25) is 0 Å². The Balaban J connectivity index is 2.32. The number of esters is 1. The molecule has 0 saturated heterocycles. The molecule has 0 saturated carbocycles. The number of aliphatic hydroxyl groups is 1. The predicted octanol–water partition coefficient (Wildman–Crippen LogP) is -0.344. The average molecular weight is 285 g/mol. The predicted molar refractivity (Wildman–Crippen MR) is 63.1 cm³/mol. The number of amides is 1. The molecule has 1 aromatic rings. The molecule has 0 radical (unpaired) electrons. The van der Waals surface area contributed by atoms with Gasteiger partial charge in [-0.25, -0.2) is 17.9 Å². The van der Waals surface area contributed by atoms with E-state index in [1.165, 1.54) is 19.1 Å². The van der Waals surface area contributed by atoms with Gasteiger partial charge in [0.15, 0.2) is 0 Å². The van der Waals surface area contributed by atoms with E-state index in [1.807, 2.05) is 4.72 Å². The van der Waals surface area contributed by atoms with E-state index >= 15 is 0 Å². The fourth-order valence-corrected chi connectivity index (χ4v) is 2.77. The molecule has 1 heterocycles. The fraction of sp³-hybridized carbons (Fsp3) is 0.273. The third-order valence-electron chi connectivity index (χ3n) is 2.43. The van der Waals surface area contributed by atoms with Crippen LogP contribution in [0.4, 0.5) is 0 Å². The quantitative estimate of drug-likeness (QED) is 0.735. The number of ether oxygens (including phenoxy) is 1. The fourth-order valence-electron chi connectivity index (χ4n) is 1.57. The van der Waals surface area contributed by atoms with Gasteiger partial charge in [-0.05, 0) is 25.1 Å². The van der Waals surface area contributed by atoms with E-state index < -0.39 is 28.0 Å². The summed E-state index contributed by atoms with van der Waals surface area (Å²) in [6.45, 7) is 1.25. The van der Waals surface area contributed by atoms with Gasteiger partial charge in [0, 0.05) is 0 Å². The van der Waals surface area contributed by atoms with Crippen molar-refractivity contribution < 1.29 is 27.9 Å². The van der Waals surface area contributed by atoms with Crippen LogP contribution in [-0.2, 0) is 14.8 Å². The zero-order valence-electron chi connectivity index (χ0n) is 9.91. The Morgan fingerprint density at radius 2 is 2.16 bits per heavy atom. The molecule has 0 aliphatic carbocycles. The second-order valence-corrected chi connectivity index (χ2v) is 5.74. The minimum Gasteiger partial charge on any atom is -0.459 e. The van der Waals surface area contributed by atoms with Crippen molar-refractivity contribution in [3.63, 3.8) is 0 Å². The molecular weight excluding hydrogens is 274 g/mol. The number of nitrogens with one attached hydrogen (secondary N) is 1. The van der Waals surface area contributed by atoms with Crippen LogP contribution in [0.25, 0.3) is 0 Å². The van der Waals surface area contributed by atoms with Crippen molar-refractivity contribution in [3.05, 3.63) is 29.3 Å². The summed E-state index contributed by atoms with van der Waals surface area (Å²) < 4.78 is 29.7. The summed E-state index contributed by atoms with van der Waals surface area (Å²) in [4.78, 5) is 22.7. The van der Waals surface area contributed by atoms with Crippen LogP contribution in [0.15, 0.2) is 23.1 Å². The summed E-state index contributed by atoms with van der Waals surface area (Å²) in [5.41, 5.74) is -0.00782. The van der Waals surface area contributed by atoms with Crippen molar-refractivity contribution in [2.24, 2.45) is 0 Å². The minimum atomic E-state index is -3.90. The first-order chi connectivity index (χ1) is 8.81. The van der Waals surface area contributed by atoms with Crippen molar-refractivity contribution in [1.82, 2.24) is 4.72 Å². The molecule has 19 heavy (non-hydrogen) atoms. The Bertz CT molecular complexity index is 649. The van der Waals surface area contributed by atoms with Gasteiger partial charge in [-0.1, -0.05) is 0 Å². The molecule has 102 valence electrons. The maximum atomic E-state index is 11.6. The minimum absolute atomic E-state index is 0.000486. The molecule has 7 nitrogen and oxygen atoms in total. The normalized spacial score (nSPS) is 17.5. The number of carbonyl (C=O) groups excluding carboxylic acids is 2. The van der Waals surface area contributed by atoms with Crippen molar-refractivity contribution in [3.8, 4) is 0 Å². The van der Waals surface area contributed by atoms with Crippen LogP contribution in [0, 0.1) is 0 Å². The summed E-state index contributed by atoms with van der Waals surface area (Å²) in [6, 6.07) is 3.62. The van der Waals surface area contributed by atoms with Crippen LogP contribution >= 0.6 is 0 Å². The molecule has 1 aromatic carbocycles. The number of fused-ring (bicyclic) bond motifs is 1. The van der Waals surface area contributed by atoms with Crippen LogP contribution in [0.2, 0.25) is 0 Å². The van der Waals surface area contributed by atoms with Crippen molar-refractivity contribution in [1.29, 1.82) is 0 Å². The summed E-state index contributed by atoms with van der Waals surface area (Å²) in [7, 11) is -3.90. The van der Waals surface area contributed by atoms with Gasteiger partial charge in [0.05, 0.1) is 17.2 Å². The Morgan fingerprint density at radius 1 is 1.47 bits per heavy atom. The van der Waals surface area contributed by atoms with E-state index in [-0.39, 0.29) is 22.6 Å². The molecule has 0 bridgehead atoms. The molecule has 0 aromatic heterocycles. The number of rotatable bonds is 3. The number of hydrogen-bond donors (Lipinski definition) is 2. The van der Waals surface area contributed by atoms with E-state index in [9.17, 15) is 18.0 Å². The second-order valence-electron chi connectivity index (χ2n) is 4.09. The van der Waals surface area contributed by atoms with Gasteiger partial charge in [-0.15, -0.1) is 0 Å². The van der Waals surface area contributed by atoms with Gasteiger partial charge in [0.1, 0.15) is 11.5 Å². The Morgan fingerprint density at radius 3 is 2.79 bits per heavy atom. The monoisotopic (exact) mass is 285 g/mol. The molecule has 1 amide bonds. The van der Waals surface area contributed by atoms with E-state index in [1.54, 1.807) is 0 Å². The molecule has 0 spiro atoms. The average Bonchev–Trinajstić information content (AvgIpc) is 2.56. The number of sulfonamides is 1. The third-order valence-corrected chi connectivity index (χ3v) is 3.81. The number of aliphatic hydroxyl groups excluding tert-OH is 1. The lowest BCUT2D eigenvalue weighted by molar-refractivity contribution is 0.0296. The van der Waals surface area contributed by atoms with Gasteiger partial charge in [-0.3, -0.25) is 4.79 Å². The number of carbonyl (C=O) groups is 2. The molecule has 1 aliphatic heterocycles. The molecule has 2 rings (SSSR count). The van der Waals surface area contributed by atoms with Crippen molar-refractivity contribution in [2.45, 2.75) is 17.9 Å².